The number of ether oxygens (including phenoxy) is 1. The van der Waals surface area contributed by atoms with Crippen LogP contribution in [0.15, 0.2) is 41.0 Å². The van der Waals surface area contributed by atoms with Crippen LogP contribution in [0, 0.1) is 0 Å². The molecule has 1 aromatic carbocycles. The van der Waals surface area contributed by atoms with Gasteiger partial charge in [0.25, 0.3) is 5.91 Å². The molecule has 0 bridgehead atoms. The Morgan fingerprint density at radius 1 is 1.16 bits per heavy atom. The minimum absolute atomic E-state index is 0.170. The lowest BCUT2D eigenvalue weighted by atomic mass is 9.94. The van der Waals surface area contributed by atoms with Gasteiger partial charge in [0, 0.05) is 6.07 Å². The molecule has 1 amide bonds. The predicted molar refractivity (Wildman–Crippen MR) is 79.3 cm³/mol. The van der Waals surface area contributed by atoms with Gasteiger partial charge in [-0.3, -0.25) is 4.79 Å². The van der Waals surface area contributed by atoms with Gasteiger partial charge < -0.3 is 19.6 Å². The molecule has 9 heteroatoms. The third-order valence-electron chi connectivity index (χ3n) is 3.31. The molecule has 0 saturated heterocycles. The molecule has 0 aliphatic heterocycles. The highest BCUT2D eigenvalue weighted by Crippen LogP contribution is 2.27. The molecule has 0 aliphatic carbocycles. The summed E-state index contributed by atoms with van der Waals surface area (Å²) in [6, 6.07) is 6.10. The van der Waals surface area contributed by atoms with E-state index >= 15 is 0 Å². The topological polar surface area (TPSA) is 88.8 Å². The maximum atomic E-state index is 12.2. The van der Waals surface area contributed by atoms with Crippen LogP contribution in [0.4, 0.5) is 13.2 Å². The summed E-state index contributed by atoms with van der Waals surface area (Å²) in [6.07, 6.45) is -3.85. The number of rotatable bonds is 5. The molecular formula is C16H14F3NO5. The van der Waals surface area contributed by atoms with E-state index < -0.39 is 23.8 Å². The van der Waals surface area contributed by atoms with Crippen molar-refractivity contribution in [2.45, 2.75) is 25.7 Å². The number of hydrogen-bond acceptors (Lipinski definition) is 4. The first-order chi connectivity index (χ1) is 11.5. The van der Waals surface area contributed by atoms with E-state index in [1.165, 1.54) is 12.1 Å². The largest absolute Gasteiger partial charge is 0.573 e. The zero-order valence-corrected chi connectivity index (χ0v) is 13.2. The van der Waals surface area contributed by atoms with Crippen molar-refractivity contribution in [1.29, 1.82) is 0 Å². The monoisotopic (exact) mass is 357 g/mol. The van der Waals surface area contributed by atoms with Crippen LogP contribution in [0.5, 0.6) is 5.75 Å². The predicted octanol–water partition coefficient (Wildman–Crippen LogP) is 3.54. The van der Waals surface area contributed by atoms with Gasteiger partial charge in [-0.2, -0.15) is 0 Å². The van der Waals surface area contributed by atoms with E-state index in [2.05, 4.69) is 10.1 Å². The number of nitrogens with one attached hydrogen (secondary N) is 1. The van der Waals surface area contributed by atoms with Crippen LogP contribution in [0.25, 0.3) is 0 Å². The third-order valence-corrected chi connectivity index (χ3v) is 3.31. The fraction of sp³-hybridized carbons (Fsp3) is 0.250. The summed E-state index contributed by atoms with van der Waals surface area (Å²) in [5.41, 5.74) is -0.610. The molecule has 1 aromatic heterocycles. The molecule has 0 unspecified atom stereocenters. The Balaban J connectivity index is 2.12. The summed E-state index contributed by atoms with van der Waals surface area (Å²) < 4.78 is 45.2. The first-order valence-corrected chi connectivity index (χ1v) is 6.98. The van der Waals surface area contributed by atoms with Crippen LogP contribution < -0.4 is 10.1 Å². The smallest absolute Gasteiger partial charge is 0.478 e. The standard InChI is InChI=1S/C16H14F3NO5/c1-15(2,10-3-5-11(6-4-10)25-16(17,18)19)20-13(21)12-7-9(8-24-12)14(22)23/h3-8H,1-2H3,(H,20,21)(H,22,23). The zero-order chi connectivity index (χ0) is 18.8. The molecule has 0 spiro atoms. The Kier molecular flexibility index (Phi) is 4.78. The number of amides is 1. The van der Waals surface area contributed by atoms with Crippen molar-refractivity contribution in [3.63, 3.8) is 0 Å². The second-order valence-corrected chi connectivity index (χ2v) is 5.66. The number of furan rings is 1. The highest BCUT2D eigenvalue weighted by atomic mass is 19.4. The molecule has 2 aromatic rings. The average molecular weight is 357 g/mol. The molecule has 0 fully saturated rings. The number of carbonyl (C=O) groups excluding carboxylic acids is 1. The number of benzene rings is 1. The van der Waals surface area contributed by atoms with E-state index in [1.807, 2.05) is 0 Å². The highest BCUT2D eigenvalue weighted by molar-refractivity contribution is 5.95. The number of hydrogen-bond donors (Lipinski definition) is 2. The van der Waals surface area contributed by atoms with Gasteiger partial charge in [-0.25, -0.2) is 4.79 Å². The van der Waals surface area contributed by atoms with Crippen LogP contribution >= 0.6 is 0 Å². The maximum Gasteiger partial charge on any atom is 0.573 e. The molecule has 25 heavy (non-hydrogen) atoms. The summed E-state index contributed by atoms with van der Waals surface area (Å²) in [6.45, 7) is 3.26. The van der Waals surface area contributed by atoms with Gasteiger partial charge in [0.05, 0.1) is 11.1 Å². The molecule has 134 valence electrons. The van der Waals surface area contributed by atoms with Crippen molar-refractivity contribution in [2.75, 3.05) is 0 Å². The lowest BCUT2D eigenvalue weighted by molar-refractivity contribution is -0.274. The van der Waals surface area contributed by atoms with Gasteiger partial charge in [0.2, 0.25) is 0 Å². The molecule has 0 aliphatic rings. The summed E-state index contributed by atoms with van der Waals surface area (Å²) >= 11 is 0. The second-order valence-electron chi connectivity index (χ2n) is 5.66. The van der Waals surface area contributed by atoms with Crippen LogP contribution in [-0.2, 0) is 5.54 Å². The van der Waals surface area contributed by atoms with Crippen LogP contribution in [0.1, 0.15) is 40.3 Å². The third kappa shape index (κ3) is 4.75. The van der Waals surface area contributed by atoms with E-state index in [-0.39, 0.29) is 17.1 Å². The van der Waals surface area contributed by atoms with Gasteiger partial charge >= 0.3 is 12.3 Å². The number of carbonyl (C=O) groups is 2. The molecule has 1 heterocycles. The lowest BCUT2D eigenvalue weighted by Gasteiger charge is -2.26. The number of alkyl halides is 3. The molecule has 2 rings (SSSR count). The van der Waals surface area contributed by atoms with E-state index in [0.717, 1.165) is 24.5 Å². The molecule has 6 nitrogen and oxygen atoms in total. The first-order valence-electron chi connectivity index (χ1n) is 6.98. The van der Waals surface area contributed by atoms with E-state index in [4.69, 9.17) is 9.52 Å². The van der Waals surface area contributed by atoms with Crippen molar-refractivity contribution in [3.05, 3.63) is 53.5 Å². The molecule has 0 radical (unpaired) electrons. The van der Waals surface area contributed by atoms with E-state index in [1.54, 1.807) is 13.8 Å². The average Bonchev–Trinajstić information content (AvgIpc) is 2.95. The summed E-state index contributed by atoms with van der Waals surface area (Å²) in [5, 5.41) is 11.4. The van der Waals surface area contributed by atoms with Gasteiger partial charge in [0.1, 0.15) is 12.0 Å². The Labute approximate surface area is 140 Å². The number of aromatic carboxylic acids is 1. The normalized spacial score (nSPS) is 11.9. The van der Waals surface area contributed by atoms with Gasteiger partial charge in [-0.15, -0.1) is 13.2 Å². The number of halogens is 3. The van der Waals surface area contributed by atoms with Gasteiger partial charge in [-0.1, -0.05) is 12.1 Å². The summed E-state index contributed by atoms with van der Waals surface area (Å²) in [4.78, 5) is 22.9. The molecular weight excluding hydrogens is 343 g/mol. The lowest BCUT2D eigenvalue weighted by Crippen LogP contribution is -2.40. The molecule has 2 N–H and O–H groups in total. The van der Waals surface area contributed by atoms with Crippen LogP contribution in [0.3, 0.4) is 0 Å². The van der Waals surface area contributed by atoms with Crippen LogP contribution in [0.2, 0.25) is 0 Å². The number of carboxylic acid groups (broad SMARTS) is 1. The van der Waals surface area contributed by atoms with E-state index in [0.29, 0.717) is 5.56 Å². The van der Waals surface area contributed by atoms with Crippen LogP contribution in [-0.4, -0.2) is 23.3 Å². The number of carboxylic acids is 1. The van der Waals surface area contributed by atoms with Crippen molar-refractivity contribution >= 4 is 11.9 Å². The minimum atomic E-state index is -4.79. The first kappa shape index (κ1) is 18.4. The van der Waals surface area contributed by atoms with E-state index in [9.17, 15) is 22.8 Å². The SMILES string of the molecule is CC(C)(NC(=O)c1cc(C(=O)O)co1)c1ccc(OC(F)(F)F)cc1. The van der Waals surface area contributed by atoms with Gasteiger partial charge in [0.15, 0.2) is 5.76 Å². The Morgan fingerprint density at radius 3 is 2.24 bits per heavy atom. The minimum Gasteiger partial charge on any atom is -0.478 e. The zero-order valence-electron chi connectivity index (χ0n) is 13.2. The molecule has 0 atom stereocenters. The van der Waals surface area contributed by atoms with Crippen molar-refractivity contribution in [1.82, 2.24) is 5.32 Å². The maximum absolute atomic E-state index is 12.2. The fourth-order valence-corrected chi connectivity index (χ4v) is 2.06. The Morgan fingerprint density at radius 2 is 1.76 bits per heavy atom. The van der Waals surface area contributed by atoms with Crippen molar-refractivity contribution in [3.8, 4) is 5.75 Å². The molecule has 0 saturated carbocycles. The second kappa shape index (κ2) is 6.50. The highest BCUT2D eigenvalue weighted by Gasteiger charge is 2.31. The fourth-order valence-electron chi connectivity index (χ4n) is 2.06. The summed E-state index contributed by atoms with van der Waals surface area (Å²) in [7, 11) is 0. The Hall–Kier alpha value is -2.97. The quantitative estimate of drug-likeness (QED) is 0.854. The van der Waals surface area contributed by atoms with Gasteiger partial charge in [-0.05, 0) is 31.5 Å². The Bertz CT molecular complexity index is 778. The van der Waals surface area contributed by atoms with Crippen molar-refractivity contribution in [2.24, 2.45) is 0 Å². The summed E-state index contributed by atoms with van der Waals surface area (Å²) in [5.74, 6) is -2.46. The van der Waals surface area contributed by atoms with Crippen molar-refractivity contribution < 1.29 is 37.0 Å².